The molecule has 0 aromatic rings. The fraction of sp³-hybridized carbons (Fsp3) is 0.750. The summed E-state index contributed by atoms with van der Waals surface area (Å²) in [5, 5.41) is 8.04. The van der Waals surface area contributed by atoms with Gasteiger partial charge in [-0.25, -0.2) is 8.42 Å². The van der Waals surface area contributed by atoms with Crippen LogP contribution in [-0.2, 0) is 9.84 Å². The lowest BCUT2D eigenvalue weighted by Crippen LogP contribution is -2.14. The van der Waals surface area contributed by atoms with Gasteiger partial charge < -0.3 is 0 Å². The Morgan fingerprint density at radius 3 is 2.33 bits per heavy atom. The summed E-state index contributed by atoms with van der Waals surface area (Å²) in [6.45, 7) is 1.45. The zero-order valence-corrected chi connectivity index (χ0v) is 6.41. The average molecular weight is 168 g/mol. The SMILES string of the molecule is CCS(=O)(=O)[C@@H](Cl)C#N. The van der Waals surface area contributed by atoms with Crippen LogP contribution in [0, 0.1) is 11.3 Å². The molecule has 0 heterocycles. The molecule has 0 saturated heterocycles. The van der Waals surface area contributed by atoms with Crippen LogP contribution in [0.1, 0.15) is 6.92 Å². The first kappa shape index (κ1) is 8.73. The summed E-state index contributed by atoms with van der Waals surface area (Å²) >= 11 is 5.11. The normalized spacial score (nSPS) is 14.3. The van der Waals surface area contributed by atoms with Crippen molar-refractivity contribution in [2.45, 2.75) is 11.6 Å². The molecule has 5 heteroatoms. The molecule has 1 atom stereocenters. The molecule has 9 heavy (non-hydrogen) atoms. The molecule has 0 spiro atoms. The van der Waals surface area contributed by atoms with Crippen LogP contribution >= 0.6 is 11.6 Å². The first-order valence-electron chi connectivity index (χ1n) is 2.30. The van der Waals surface area contributed by atoms with Gasteiger partial charge in [-0.1, -0.05) is 18.5 Å². The number of rotatable bonds is 2. The minimum absolute atomic E-state index is 0.0886. The Morgan fingerprint density at radius 1 is 1.78 bits per heavy atom. The largest absolute Gasteiger partial charge is 0.226 e. The van der Waals surface area contributed by atoms with E-state index < -0.39 is 14.5 Å². The molecule has 0 N–H and O–H groups in total. The van der Waals surface area contributed by atoms with Crippen LogP contribution in [0.5, 0.6) is 0 Å². The van der Waals surface area contributed by atoms with Crippen molar-refractivity contribution >= 4 is 21.4 Å². The van der Waals surface area contributed by atoms with Gasteiger partial charge in [0.2, 0.25) is 4.71 Å². The van der Waals surface area contributed by atoms with Crippen molar-refractivity contribution in [2.24, 2.45) is 0 Å². The maximum absolute atomic E-state index is 10.6. The summed E-state index contributed by atoms with van der Waals surface area (Å²) in [6, 6.07) is 1.43. The van der Waals surface area contributed by atoms with Crippen molar-refractivity contribution in [1.29, 1.82) is 5.26 Å². The zero-order valence-electron chi connectivity index (χ0n) is 4.83. The highest BCUT2D eigenvalue weighted by Crippen LogP contribution is 2.04. The third-order valence-corrected chi connectivity index (χ3v) is 3.27. The molecule has 0 saturated carbocycles. The van der Waals surface area contributed by atoms with Crippen molar-refractivity contribution in [3.63, 3.8) is 0 Å². The van der Waals surface area contributed by atoms with E-state index in [0.29, 0.717) is 0 Å². The molecule has 0 aliphatic carbocycles. The number of nitrogens with zero attached hydrogens (tertiary/aromatic N) is 1. The van der Waals surface area contributed by atoms with Crippen LogP contribution in [0.2, 0.25) is 0 Å². The van der Waals surface area contributed by atoms with Gasteiger partial charge in [0, 0.05) is 5.75 Å². The van der Waals surface area contributed by atoms with Crippen LogP contribution in [0.3, 0.4) is 0 Å². The van der Waals surface area contributed by atoms with Gasteiger partial charge in [-0.2, -0.15) is 5.26 Å². The van der Waals surface area contributed by atoms with Crippen molar-refractivity contribution in [3.8, 4) is 6.07 Å². The molecule has 0 bridgehead atoms. The third kappa shape index (κ3) is 2.20. The molecule has 0 aromatic heterocycles. The highest BCUT2D eigenvalue weighted by atomic mass is 35.5. The first-order valence-corrected chi connectivity index (χ1v) is 4.45. The monoisotopic (exact) mass is 167 g/mol. The molecule has 0 aromatic carbocycles. The van der Waals surface area contributed by atoms with Gasteiger partial charge in [0.05, 0.1) is 6.07 Å². The maximum Gasteiger partial charge on any atom is 0.220 e. The van der Waals surface area contributed by atoms with Gasteiger partial charge in [-0.3, -0.25) is 0 Å². The quantitative estimate of drug-likeness (QED) is 0.563. The number of hydrogen-bond acceptors (Lipinski definition) is 3. The minimum Gasteiger partial charge on any atom is -0.226 e. The Labute approximate surface area is 59.2 Å². The smallest absolute Gasteiger partial charge is 0.220 e. The standard InChI is InChI=1S/C4H6ClNO2S/c1-2-9(7,8)4(5)3-6/h4H,2H2,1H3/t4-/m1/s1. The topological polar surface area (TPSA) is 57.9 Å². The summed E-state index contributed by atoms with van der Waals surface area (Å²) in [7, 11) is -3.34. The lowest BCUT2D eigenvalue weighted by molar-refractivity contribution is 0.598. The van der Waals surface area contributed by atoms with Crippen LogP contribution in [0.4, 0.5) is 0 Å². The lowest BCUT2D eigenvalue weighted by Gasteiger charge is -1.96. The van der Waals surface area contributed by atoms with E-state index >= 15 is 0 Å². The molecule has 0 aliphatic rings. The first-order chi connectivity index (χ1) is 4.04. The van der Waals surface area contributed by atoms with Gasteiger partial charge in [-0.05, 0) is 0 Å². The highest BCUT2D eigenvalue weighted by Gasteiger charge is 2.19. The summed E-state index contributed by atoms with van der Waals surface area (Å²) < 4.78 is 19.8. The second-order valence-corrected chi connectivity index (χ2v) is 4.47. The van der Waals surface area contributed by atoms with Gasteiger partial charge >= 0.3 is 0 Å². The van der Waals surface area contributed by atoms with Crippen molar-refractivity contribution in [1.82, 2.24) is 0 Å². The summed E-state index contributed by atoms with van der Waals surface area (Å²) in [6.07, 6.45) is 0. The number of nitriles is 1. The summed E-state index contributed by atoms with van der Waals surface area (Å²) in [5.74, 6) is -0.0886. The van der Waals surface area contributed by atoms with Gasteiger partial charge in [-0.15, -0.1) is 0 Å². The van der Waals surface area contributed by atoms with E-state index in [0.717, 1.165) is 0 Å². The van der Waals surface area contributed by atoms with E-state index in [9.17, 15) is 8.42 Å². The van der Waals surface area contributed by atoms with Crippen molar-refractivity contribution < 1.29 is 8.42 Å². The van der Waals surface area contributed by atoms with E-state index in [1.807, 2.05) is 0 Å². The molecule has 0 amide bonds. The Balaban J connectivity index is 4.41. The number of hydrogen-bond donors (Lipinski definition) is 0. The van der Waals surface area contributed by atoms with Gasteiger partial charge in [0.1, 0.15) is 0 Å². The third-order valence-electron chi connectivity index (χ3n) is 0.819. The Hall–Kier alpha value is -0.270. The number of halogens is 1. The lowest BCUT2D eigenvalue weighted by atomic mass is 10.9. The van der Waals surface area contributed by atoms with Crippen molar-refractivity contribution in [3.05, 3.63) is 0 Å². The van der Waals surface area contributed by atoms with Crippen molar-refractivity contribution in [2.75, 3.05) is 5.75 Å². The highest BCUT2D eigenvalue weighted by molar-refractivity contribution is 7.93. The molecular weight excluding hydrogens is 162 g/mol. The number of alkyl halides is 1. The minimum atomic E-state index is -3.34. The zero-order chi connectivity index (χ0) is 7.49. The van der Waals surface area contributed by atoms with Crippen LogP contribution in [-0.4, -0.2) is 18.9 Å². The van der Waals surface area contributed by atoms with Gasteiger partial charge in [0.25, 0.3) is 0 Å². The fourth-order valence-electron chi connectivity index (χ4n) is 0.227. The molecule has 0 unspecified atom stereocenters. The molecule has 0 aliphatic heterocycles. The molecule has 0 fully saturated rings. The predicted molar refractivity (Wildman–Crippen MR) is 34.7 cm³/mol. The fourth-order valence-corrected chi connectivity index (χ4v) is 1.06. The molecule has 0 rings (SSSR count). The molecular formula is C4H6ClNO2S. The Morgan fingerprint density at radius 2 is 2.22 bits per heavy atom. The Kier molecular flexibility index (Phi) is 2.95. The molecule has 0 radical (unpaired) electrons. The predicted octanol–water partition coefficient (Wildman–Crippen LogP) is 0.510. The summed E-state index contributed by atoms with van der Waals surface area (Å²) in [5.41, 5.74) is 0. The molecule has 52 valence electrons. The average Bonchev–Trinajstić information content (AvgIpc) is 1.86. The summed E-state index contributed by atoms with van der Waals surface area (Å²) in [4.78, 5) is 0. The second kappa shape index (κ2) is 3.04. The second-order valence-electron chi connectivity index (χ2n) is 1.40. The van der Waals surface area contributed by atoms with E-state index in [1.165, 1.54) is 13.0 Å². The van der Waals surface area contributed by atoms with E-state index in [1.54, 1.807) is 0 Å². The van der Waals surface area contributed by atoms with Gasteiger partial charge in [0.15, 0.2) is 9.84 Å². The van der Waals surface area contributed by atoms with Crippen LogP contribution in [0.25, 0.3) is 0 Å². The van der Waals surface area contributed by atoms with E-state index in [4.69, 9.17) is 16.9 Å². The number of sulfone groups is 1. The Bertz CT molecular complexity index is 215. The molecule has 3 nitrogen and oxygen atoms in total. The van der Waals surface area contributed by atoms with E-state index in [2.05, 4.69) is 0 Å². The van der Waals surface area contributed by atoms with E-state index in [-0.39, 0.29) is 5.75 Å². The van der Waals surface area contributed by atoms with Crippen LogP contribution in [0.15, 0.2) is 0 Å². The van der Waals surface area contributed by atoms with Crippen LogP contribution < -0.4 is 0 Å². The maximum atomic E-state index is 10.6.